The summed E-state index contributed by atoms with van der Waals surface area (Å²) in [6, 6.07) is 6.38. The number of aliphatic hydroxyl groups excluding tert-OH is 2. The van der Waals surface area contributed by atoms with E-state index < -0.39 is 18.3 Å². The van der Waals surface area contributed by atoms with Crippen LogP contribution in [0, 0.1) is 20.8 Å². The fourth-order valence-electron chi connectivity index (χ4n) is 2.23. The molecule has 0 aromatic heterocycles. The van der Waals surface area contributed by atoms with Crippen LogP contribution in [-0.4, -0.2) is 70.4 Å². The number of para-hydroxylation sites is 2. The highest BCUT2D eigenvalue weighted by atomic mass is 16.8. The third kappa shape index (κ3) is 10.4. The van der Waals surface area contributed by atoms with E-state index in [1.54, 1.807) is 25.1 Å². The topological polar surface area (TPSA) is 192 Å². The summed E-state index contributed by atoms with van der Waals surface area (Å²) in [6.07, 6.45) is -2.28. The number of benzene rings is 2. The van der Waals surface area contributed by atoms with E-state index in [1.807, 2.05) is 13.8 Å². The van der Waals surface area contributed by atoms with Gasteiger partial charge in [-0.15, -0.1) is 13.2 Å². The van der Waals surface area contributed by atoms with Crippen LogP contribution in [0.1, 0.15) is 23.6 Å². The lowest BCUT2D eigenvalue weighted by Crippen LogP contribution is -2.51. The lowest BCUT2D eigenvalue weighted by Gasteiger charge is -2.27. The van der Waals surface area contributed by atoms with Gasteiger partial charge in [0.05, 0.1) is 13.3 Å². The number of aromatic hydroxyl groups is 2. The fraction of sp³-hybridized carbons (Fsp3) is 0.391. The zero-order valence-corrected chi connectivity index (χ0v) is 20.3. The van der Waals surface area contributed by atoms with Crippen LogP contribution in [0.15, 0.2) is 37.4 Å². The van der Waals surface area contributed by atoms with Crippen molar-refractivity contribution in [3.05, 3.63) is 54.1 Å². The molecular formula is C23H37BN2O8. The van der Waals surface area contributed by atoms with Gasteiger partial charge in [0, 0.05) is 6.54 Å². The molecule has 0 aliphatic rings. The molecule has 2 atom stereocenters. The highest BCUT2D eigenvalue weighted by molar-refractivity contribution is 6.35. The molecule has 0 heterocycles. The highest BCUT2D eigenvalue weighted by Crippen LogP contribution is 2.30. The van der Waals surface area contributed by atoms with E-state index in [-0.39, 0.29) is 29.3 Å². The van der Waals surface area contributed by atoms with Crippen LogP contribution in [0.25, 0.3) is 0 Å². The van der Waals surface area contributed by atoms with E-state index in [0.717, 1.165) is 11.1 Å². The molecule has 34 heavy (non-hydrogen) atoms. The Hall–Kier alpha value is -2.80. The van der Waals surface area contributed by atoms with Gasteiger partial charge < -0.3 is 51.6 Å². The van der Waals surface area contributed by atoms with Gasteiger partial charge in [0.2, 0.25) is 0 Å². The van der Waals surface area contributed by atoms with Gasteiger partial charge in [0.1, 0.15) is 7.85 Å². The Balaban J connectivity index is 0. The molecule has 10 N–H and O–H groups in total. The number of hydrogen-bond acceptors (Lipinski definition) is 10. The van der Waals surface area contributed by atoms with Gasteiger partial charge in [0.15, 0.2) is 29.1 Å². The SMILES string of the molecule is C=C.CC(N)O.COc1ccccc1OC(O)(O)C(O)CN.[B]c1c(C)c(C)c(C)c(O)c1O. The van der Waals surface area contributed by atoms with Gasteiger partial charge in [0.25, 0.3) is 0 Å². The number of hydrogen-bond donors (Lipinski definition) is 8. The second-order valence-corrected chi connectivity index (χ2v) is 6.89. The van der Waals surface area contributed by atoms with E-state index >= 15 is 0 Å². The van der Waals surface area contributed by atoms with Crippen LogP contribution in [-0.2, 0) is 0 Å². The van der Waals surface area contributed by atoms with Crippen molar-refractivity contribution in [3.63, 3.8) is 0 Å². The van der Waals surface area contributed by atoms with E-state index in [9.17, 15) is 25.5 Å². The zero-order valence-electron chi connectivity index (χ0n) is 20.3. The number of methoxy groups -OCH3 is 1. The lowest BCUT2D eigenvalue weighted by atomic mass is 9.85. The van der Waals surface area contributed by atoms with E-state index in [2.05, 4.69) is 18.9 Å². The largest absolute Gasteiger partial charge is 0.505 e. The summed E-state index contributed by atoms with van der Waals surface area (Å²) in [7, 11) is 6.96. The molecule has 0 bridgehead atoms. The first kappa shape index (κ1) is 33.4. The highest BCUT2D eigenvalue weighted by Gasteiger charge is 2.35. The van der Waals surface area contributed by atoms with Gasteiger partial charge in [-0.1, -0.05) is 17.7 Å². The smallest absolute Gasteiger partial charge is 0.351 e. The summed E-state index contributed by atoms with van der Waals surface area (Å²) in [5.41, 5.74) is 12.4. The molecule has 0 saturated carbocycles. The molecule has 2 rings (SSSR count). The first-order valence-corrected chi connectivity index (χ1v) is 10.1. The summed E-state index contributed by atoms with van der Waals surface area (Å²) < 4.78 is 9.78. The van der Waals surface area contributed by atoms with Crippen molar-refractivity contribution in [3.8, 4) is 23.0 Å². The second kappa shape index (κ2) is 15.9. The minimum Gasteiger partial charge on any atom is -0.505 e. The Labute approximate surface area is 202 Å². The summed E-state index contributed by atoms with van der Waals surface area (Å²) in [4.78, 5) is 0. The van der Waals surface area contributed by atoms with Crippen LogP contribution in [0.4, 0.5) is 0 Å². The van der Waals surface area contributed by atoms with Crippen LogP contribution in [0.3, 0.4) is 0 Å². The molecule has 0 aliphatic carbocycles. The van der Waals surface area contributed by atoms with Crippen molar-refractivity contribution in [2.24, 2.45) is 11.5 Å². The lowest BCUT2D eigenvalue weighted by molar-refractivity contribution is -0.335. The van der Waals surface area contributed by atoms with Gasteiger partial charge in [-0.2, -0.15) is 0 Å². The van der Waals surface area contributed by atoms with E-state index in [0.29, 0.717) is 11.3 Å². The van der Waals surface area contributed by atoms with E-state index in [4.69, 9.17) is 28.2 Å². The maximum absolute atomic E-state index is 9.40. The fourth-order valence-corrected chi connectivity index (χ4v) is 2.23. The van der Waals surface area contributed by atoms with E-state index in [1.165, 1.54) is 20.1 Å². The summed E-state index contributed by atoms with van der Waals surface area (Å²) in [5, 5.41) is 54.5. The number of ether oxygens (including phenoxy) is 2. The second-order valence-electron chi connectivity index (χ2n) is 6.89. The molecule has 190 valence electrons. The summed E-state index contributed by atoms with van der Waals surface area (Å²) in [6.45, 7) is 12.6. The molecule has 2 aromatic carbocycles. The van der Waals surface area contributed by atoms with Gasteiger partial charge in [-0.05, 0) is 56.4 Å². The monoisotopic (exact) mass is 480 g/mol. The van der Waals surface area contributed by atoms with Crippen molar-refractivity contribution >= 4 is 13.3 Å². The molecule has 11 heteroatoms. The minimum atomic E-state index is -2.75. The molecular weight excluding hydrogens is 443 g/mol. The predicted molar refractivity (Wildman–Crippen MR) is 132 cm³/mol. The Kier molecular flexibility index (Phi) is 15.6. The van der Waals surface area contributed by atoms with Crippen LogP contribution < -0.4 is 26.4 Å². The van der Waals surface area contributed by atoms with Crippen molar-refractivity contribution < 1.29 is 40.1 Å². The van der Waals surface area contributed by atoms with Gasteiger partial charge in [-0.25, -0.2) is 0 Å². The molecule has 2 aromatic rings. The minimum absolute atomic E-state index is 0.0995. The van der Waals surface area contributed by atoms with Crippen molar-refractivity contribution in [2.45, 2.75) is 46.0 Å². The molecule has 0 fully saturated rings. The first-order valence-electron chi connectivity index (χ1n) is 10.1. The molecule has 0 saturated heterocycles. The molecule has 0 spiro atoms. The Morgan fingerprint density at radius 1 is 0.971 bits per heavy atom. The molecule has 0 amide bonds. The van der Waals surface area contributed by atoms with Crippen molar-refractivity contribution in [1.29, 1.82) is 0 Å². The van der Waals surface area contributed by atoms with Crippen LogP contribution in [0.2, 0.25) is 0 Å². The van der Waals surface area contributed by atoms with Crippen molar-refractivity contribution in [2.75, 3.05) is 13.7 Å². The predicted octanol–water partition coefficient (Wildman–Crippen LogP) is -0.0655. The molecule has 10 nitrogen and oxygen atoms in total. The maximum Gasteiger partial charge on any atom is 0.351 e. The van der Waals surface area contributed by atoms with Gasteiger partial charge >= 0.3 is 5.97 Å². The van der Waals surface area contributed by atoms with Gasteiger partial charge in [-0.3, -0.25) is 0 Å². The van der Waals surface area contributed by atoms with Crippen LogP contribution in [0.5, 0.6) is 23.0 Å². The normalized spacial score (nSPS) is 11.9. The maximum atomic E-state index is 9.40. The summed E-state index contributed by atoms with van der Waals surface area (Å²) in [5.74, 6) is -2.66. The first-order chi connectivity index (χ1) is 15.7. The quantitative estimate of drug-likeness (QED) is 0.124. The average molecular weight is 480 g/mol. The Morgan fingerprint density at radius 2 is 1.41 bits per heavy atom. The Bertz CT molecular complexity index is 771. The van der Waals surface area contributed by atoms with Crippen molar-refractivity contribution in [1.82, 2.24) is 0 Å². The Morgan fingerprint density at radius 3 is 1.82 bits per heavy atom. The average Bonchev–Trinajstić information content (AvgIpc) is 2.81. The number of phenols is 2. The molecule has 2 radical (unpaired) electrons. The molecule has 2 unspecified atom stereocenters. The third-order valence-corrected chi connectivity index (χ3v) is 4.35. The van der Waals surface area contributed by atoms with Crippen LogP contribution >= 0.6 is 0 Å². The number of nitrogens with two attached hydrogens (primary N) is 2. The summed E-state index contributed by atoms with van der Waals surface area (Å²) >= 11 is 0. The number of rotatable bonds is 5. The third-order valence-electron chi connectivity index (χ3n) is 4.35. The number of phenolic OH excluding ortho intramolecular Hbond substituents is 2. The molecule has 0 aliphatic heterocycles. The standard InChI is InChI=1S/C10H15NO5.C9H11BO2.C2H7NO.C2H4/c1-15-7-4-2-3-5-8(7)16-10(13,14)9(12)6-11;1-4-5(2)7(10)9(12)8(11)6(4)3;1-2(3)4;1-2/h2-5,9,12-14H,6,11H2,1H3;11-12H,1-3H3;2,4H,3H2,1H3;1-2H2. The zero-order chi connectivity index (χ0) is 27.2. The number of aliphatic hydroxyl groups is 4.